The Hall–Kier alpha value is -2.77. The molecule has 3 aromatic heterocycles. The fraction of sp³-hybridized carbons (Fsp3) is 0.438. The zero-order chi connectivity index (χ0) is 16.7. The quantitative estimate of drug-likeness (QED) is 0.782. The average Bonchev–Trinajstić information content (AvgIpc) is 3.22. The maximum atomic E-state index is 5.76. The van der Waals surface area contributed by atoms with Crippen LogP contribution in [0.2, 0.25) is 0 Å². The van der Waals surface area contributed by atoms with E-state index in [1.54, 1.807) is 6.07 Å². The molecular formula is C16H19N7O. The van der Waals surface area contributed by atoms with Crippen LogP contribution in [-0.4, -0.2) is 31.6 Å². The molecule has 1 aliphatic heterocycles. The van der Waals surface area contributed by atoms with Crippen molar-refractivity contribution in [3.8, 4) is 0 Å². The van der Waals surface area contributed by atoms with Gasteiger partial charge in [-0.25, -0.2) is 15.0 Å². The van der Waals surface area contributed by atoms with Gasteiger partial charge in [0.25, 0.3) is 0 Å². The van der Waals surface area contributed by atoms with Crippen LogP contribution in [0.3, 0.4) is 0 Å². The van der Waals surface area contributed by atoms with Crippen LogP contribution in [0, 0.1) is 0 Å². The van der Waals surface area contributed by atoms with E-state index in [1.807, 2.05) is 19.9 Å². The summed E-state index contributed by atoms with van der Waals surface area (Å²) in [6.45, 7) is 4.96. The Balaban J connectivity index is 1.75. The van der Waals surface area contributed by atoms with Crippen LogP contribution in [0.15, 0.2) is 23.0 Å². The Morgan fingerprint density at radius 2 is 2.12 bits per heavy atom. The van der Waals surface area contributed by atoms with Crippen molar-refractivity contribution < 1.29 is 4.52 Å². The Morgan fingerprint density at radius 1 is 1.25 bits per heavy atom. The number of rotatable bonds is 3. The van der Waals surface area contributed by atoms with Crippen molar-refractivity contribution in [2.75, 3.05) is 17.2 Å². The molecule has 0 amide bonds. The Bertz CT molecular complexity index is 876. The lowest BCUT2D eigenvalue weighted by Gasteiger charge is -2.24. The van der Waals surface area contributed by atoms with Crippen LogP contribution in [0.25, 0.3) is 11.0 Å². The van der Waals surface area contributed by atoms with Gasteiger partial charge in [-0.15, -0.1) is 0 Å². The molecule has 0 saturated carbocycles. The van der Waals surface area contributed by atoms with Crippen molar-refractivity contribution in [1.82, 2.24) is 25.1 Å². The summed E-state index contributed by atoms with van der Waals surface area (Å²) in [4.78, 5) is 19.8. The molecule has 3 aromatic rings. The van der Waals surface area contributed by atoms with E-state index in [2.05, 4.69) is 30.0 Å². The Kier molecular flexibility index (Phi) is 3.51. The molecule has 124 valence electrons. The number of aromatic nitrogens is 5. The molecule has 8 heteroatoms. The average molecular weight is 325 g/mol. The molecule has 0 bridgehead atoms. The van der Waals surface area contributed by atoms with E-state index in [0.29, 0.717) is 23.2 Å². The van der Waals surface area contributed by atoms with Crippen molar-refractivity contribution >= 4 is 22.7 Å². The van der Waals surface area contributed by atoms with Gasteiger partial charge < -0.3 is 15.2 Å². The first-order chi connectivity index (χ1) is 11.6. The molecule has 4 rings (SSSR count). The zero-order valence-electron chi connectivity index (χ0n) is 13.7. The fourth-order valence-electron chi connectivity index (χ4n) is 3.08. The summed E-state index contributed by atoms with van der Waals surface area (Å²) in [5, 5.41) is 5.06. The second kappa shape index (κ2) is 5.70. The summed E-state index contributed by atoms with van der Waals surface area (Å²) < 4.78 is 5.38. The van der Waals surface area contributed by atoms with Gasteiger partial charge >= 0.3 is 0 Å². The largest absolute Gasteiger partial charge is 0.384 e. The number of fused-ring (bicyclic) bond motifs is 1. The fourth-order valence-corrected chi connectivity index (χ4v) is 3.08. The van der Waals surface area contributed by atoms with E-state index in [-0.39, 0.29) is 12.0 Å². The van der Waals surface area contributed by atoms with Gasteiger partial charge in [0, 0.05) is 12.5 Å². The van der Waals surface area contributed by atoms with Gasteiger partial charge in [-0.2, -0.15) is 4.98 Å². The molecule has 0 aliphatic carbocycles. The third kappa shape index (κ3) is 2.44. The lowest BCUT2D eigenvalue weighted by molar-refractivity contribution is 0.358. The highest BCUT2D eigenvalue weighted by Crippen LogP contribution is 2.36. The van der Waals surface area contributed by atoms with Gasteiger partial charge in [-0.05, 0) is 25.0 Å². The predicted molar refractivity (Wildman–Crippen MR) is 89.5 cm³/mol. The molecule has 2 N–H and O–H groups in total. The summed E-state index contributed by atoms with van der Waals surface area (Å²) in [7, 11) is 0. The maximum Gasteiger partial charge on any atom is 0.229 e. The van der Waals surface area contributed by atoms with Crippen LogP contribution in [0.4, 0.5) is 11.6 Å². The van der Waals surface area contributed by atoms with E-state index in [0.717, 1.165) is 30.6 Å². The third-order valence-electron chi connectivity index (χ3n) is 4.27. The number of hydrogen-bond acceptors (Lipinski definition) is 8. The minimum atomic E-state index is 0.0527. The van der Waals surface area contributed by atoms with Crippen LogP contribution >= 0.6 is 0 Å². The number of pyridine rings is 1. The van der Waals surface area contributed by atoms with Gasteiger partial charge in [-0.1, -0.05) is 19.0 Å². The molecule has 24 heavy (non-hydrogen) atoms. The smallest absolute Gasteiger partial charge is 0.229 e. The molecule has 0 aromatic carbocycles. The van der Waals surface area contributed by atoms with Crippen LogP contribution in [0.5, 0.6) is 0 Å². The number of nitrogens with zero attached hydrogens (tertiary/aromatic N) is 6. The van der Waals surface area contributed by atoms with Crippen LogP contribution < -0.4 is 10.6 Å². The molecule has 1 aliphatic rings. The topological polar surface area (TPSA) is 107 Å². The molecule has 1 saturated heterocycles. The van der Waals surface area contributed by atoms with Crippen LogP contribution in [-0.2, 0) is 0 Å². The number of nitrogens with two attached hydrogens (primary N) is 1. The van der Waals surface area contributed by atoms with Crippen molar-refractivity contribution in [3.63, 3.8) is 0 Å². The monoisotopic (exact) mass is 325 g/mol. The Morgan fingerprint density at radius 3 is 2.92 bits per heavy atom. The molecule has 1 fully saturated rings. The van der Waals surface area contributed by atoms with E-state index in [9.17, 15) is 0 Å². The van der Waals surface area contributed by atoms with Crippen LogP contribution in [0.1, 0.15) is 50.4 Å². The minimum Gasteiger partial charge on any atom is -0.384 e. The Labute approximate surface area is 139 Å². The van der Waals surface area contributed by atoms with Crippen molar-refractivity contribution in [2.45, 2.75) is 38.6 Å². The highest BCUT2D eigenvalue weighted by molar-refractivity contribution is 5.87. The predicted octanol–water partition coefficient (Wildman–Crippen LogP) is 2.45. The number of anilines is 2. The summed E-state index contributed by atoms with van der Waals surface area (Å²) in [5.74, 6) is 2.88. The van der Waals surface area contributed by atoms with E-state index in [4.69, 9.17) is 10.3 Å². The first kappa shape index (κ1) is 14.8. The van der Waals surface area contributed by atoms with E-state index < -0.39 is 0 Å². The lowest BCUT2D eigenvalue weighted by Crippen LogP contribution is -2.25. The highest BCUT2D eigenvalue weighted by Gasteiger charge is 2.32. The SMILES string of the molecule is CC(C)c1nc(C2CCCN2c2ncnc3nc(N)ccc23)no1. The molecule has 8 nitrogen and oxygen atoms in total. The summed E-state index contributed by atoms with van der Waals surface area (Å²) in [5.41, 5.74) is 6.36. The molecular weight excluding hydrogens is 306 g/mol. The van der Waals surface area contributed by atoms with E-state index >= 15 is 0 Å². The molecule has 0 radical (unpaired) electrons. The highest BCUT2D eigenvalue weighted by atomic mass is 16.5. The van der Waals surface area contributed by atoms with E-state index in [1.165, 1.54) is 6.33 Å². The number of nitrogen functional groups attached to an aromatic ring is 1. The van der Waals surface area contributed by atoms with Gasteiger partial charge in [-0.3, -0.25) is 0 Å². The van der Waals surface area contributed by atoms with Crippen molar-refractivity contribution in [3.05, 3.63) is 30.2 Å². The molecule has 1 atom stereocenters. The normalized spacial score (nSPS) is 18.0. The lowest BCUT2D eigenvalue weighted by atomic mass is 10.2. The summed E-state index contributed by atoms with van der Waals surface area (Å²) in [6, 6.07) is 3.74. The first-order valence-electron chi connectivity index (χ1n) is 8.11. The van der Waals surface area contributed by atoms with Gasteiger partial charge in [0.2, 0.25) is 5.89 Å². The van der Waals surface area contributed by atoms with Crippen molar-refractivity contribution in [1.29, 1.82) is 0 Å². The summed E-state index contributed by atoms with van der Waals surface area (Å²) >= 11 is 0. The van der Waals surface area contributed by atoms with Gasteiger partial charge in [0.05, 0.1) is 11.4 Å². The second-order valence-corrected chi connectivity index (χ2v) is 6.30. The maximum absolute atomic E-state index is 5.76. The standard InChI is InChI=1S/C16H19N7O/c1-9(2)16-21-14(22-24-16)11-4-3-7-23(11)15-10-5-6-12(17)20-13(10)18-8-19-15/h5-6,8-9,11H,3-4,7H2,1-2H3,(H2,17,18,19,20). The minimum absolute atomic E-state index is 0.0527. The molecule has 1 unspecified atom stereocenters. The first-order valence-corrected chi connectivity index (χ1v) is 8.11. The zero-order valence-corrected chi connectivity index (χ0v) is 13.7. The third-order valence-corrected chi connectivity index (χ3v) is 4.27. The van der Waals surface area contributed by atoms with Gasteiger partial charge in [0.1, 0.15) is 18.0 Å². The second-order valence-electron chi connectivity index (χ2n) is 6.30. The molecule has 4 heterocycles. The van der Waals surface area contributed by atoms with Gasteiger partial charge in [0.15, 0.2) is 11.5 Å². The van der Waals surface area contributed by atoms with Crippen molar-refractivity contribution in [2.24, 2.45) is 0 Å². The number of hydrogen-bond donors (Lipinski definition) is 1. The molecule has 0 spiro atoms. The summed E-state index contributed by atoms with van der Waals surface area (Å²) in [6.07, 6.45) is 3.53.